The number of ether oxygens (including phenoxy) is 1. The topological polar surface area (TPSA) is 33.5 Å². The Hall–Kier alpha value is -0.910. The summed E-state index contributed by atoms with van der Waals surface area (Å²) in [6, 6.07) is 0.983. The summed E-state index contributed by atoms with van der Waals surface area (Å²) in [6.45, 7) is 13.1. The Bertz CT molecular complexity index is 507. The van der Waals surface area contributed by atoms with E-state index in [1.54, 1.807) is 0 Å². The third-order valence-electron chi connectivity index (χ3n) is 5.63. The number of imidazole rings is 1. The van der Waals surface area contributed by atoms with Gasteiger partial charge >= 0.3 is 0 Å². The zero-order chi connectivity index (χ0) is 16.4. The monoisotopic (exact) mass is 320 g/mol. The fourth-order valence-electron chi connectivity index (χ4n) is 3.68. The normalized spacial score (nSPS) is 23.7. The van der Waals surface area contributed by atoms with Crippen LogP contribution in [-0.4, -0.2) is 58.7 Å². The second-order valence-corrected chi connectivity index (χ2v) is 7.49. The molecule has 0 aromatic carbocycles. The van der Waals surface area contributed by atoms with Crippen LogP contribution in [-0.2, 0) is 17.8 Å². The van der Waals surface area contributed by atoms with Crippen molar-refractivity contribution in [3.8, 4) is 0 Å². The maximum atomic E-state index is 5.49. The lowest BCUT2D eigenvalue weighted by Crippen LogP contribution is -2.41. The van der Waals surface area contributed by atoms with Gasteiger partial charge in [0.15, 0.2) is 0 Å². The zero-order valence-electron chi connectivity index (χ0n) is 15.2. The van der Waals surface area contributed by atoms with Crippen molar-refractivity contribution in [2.75, 3.05) is 33.4 Å². The molecule has 2 aliphatic heterocycles. The van der Waals surface area contributed by atoms with Crippen LogP contribution < -0.4 is 0 Å². The molecule has 3 heterocycles. The molecule has 1 fully saturated rings. The van der Waals surface area contributed by atoms with Gasteiger partial charge in [-0.25, -0.2) is 4.98 Å². The lowest BCUT2D eigenvalue weighted by molar-refractivity contribution is 0.0408. The highest BCUT2D eigenvalue weighted by molar-refractivity contribution is 5.11. The summed E-state index contributed by atoms with van der Waals surface area (Å²) in [5.41, 5.74) is 1.36. The zero-order valence-corrected chi connectivity index (χ0v) is 15.2. The van der Waals surface area contributed by atoms with Crippen molar-refractivity contribution in [2.24, 2.45) is 5.92 Å². The Balaban J connectivity index is 1.66. The maximum Gasteiger partial charge on any atom is 0.126 e. The third-order valence-corrected chi connectivity index (χ3v) is 5.63. The van der Waals surface area contributed by atoms with Gasteiger partial charge in [-0.15, -0.1) is 0 Å². The summed E-state index contributed by atoms with van der Waals surface area (Å²) in [5, 5.41) is 0. The number of hydrogen-bond acceptors (Lipinski definition) is 4. The summed E-state index contributed by atoms with van der Waals surface area (Å²) in [5.74, 6) is 2.04. The van der Waals surface area contributed by atoms with Gasteiger partial charge in [-0.3, -0.25) is 9.80 Å². The van der Waals surface area contributed by atoms with Crippen LogP contribution in [0.3, 0.4) is 0 Å². The van der Waals surface area contributed by atoms with Gasteiger partial charge in [0.2, 0.25) is 0 Å². The van der Waals surface area contributed by atoms with E-state index in [0.717, 1.165) is 38.8 Å². The predicted molar refractivity (Wildman–Crippen MR) is 92.4 cm³/mol. The van der Waals surface area contributed by atoms with Gasteiger partial charge in [0.05, 0.1) is 11.7 Å². The van der Waals surface area contributed by atoms with Crippen molar-refractivity contribution < 1.29 is 4.74 Å². The van der Waals surface area contributed by atoms with Crippen LogP contribution in [0.5, 0.6) is 0 Å². The summed E-state index contributed by atoms with van der Waals surface area (Å²) in [6.07, 6.45) is 4.51. The van der Waals surface area contributed by atoms with Crippen LogP contribution in [0.1, 0.15) is 51.2 Å². The molecule has 0 amide bonds. The molecule has 1 saturated heterocycles. The molecule has 0 aliphatic carbocycles. The van der Waals surface area contributed by atoms with Gasteiger partial charge in [0.25, 0.3) is 0 Å². The molecule has 1 aromatic rings. The Morgan fingerprint density at radius 1 is 1.30 bits per heavy atom. The van der Waals surface area contributed by atoms with Crippen LogP contribution in [0, 0.1) is 5.92 Å². The third kappa shape index (κ3) is 3.78. The summed E-state index contributed by atoms with van der Waals surface area (Å²) >= 11 is 0. The molecular formula is C18H32N4O. The number of hydrogen-bond donors (Lipinski definition) is 0. The van der Waals surface area contributed by atoms with Crippen LogP contribution in [0.4, 0.5) is 0 Å². The largest absolute Gasteiger partial charge is 0.381 e. The minimum atomic E-state index is 0.421. The summed E-state index contributed by atoms with van der Waals surface area (Å²) in [4.78, 5) is 9.76. The Labute approximate surface area is 140 Å². The molecule has 1 aromatic heterocycles. The highest BCUT2D eigenvalue weighted by Gasteiger charge is 2.29. The van der Waals surface area contributed by atoms with Crippen LogP contribution in [0.25, 0.3) is 0 Å². The first-order valence-corrected chi connectivity index (χ1v) is 9.12. The van der Waals surface area contributed by atoms with E-state index in [2.05, 4.69) is 48.4 Å². The Morgan fingerprint density at radius 3 is 2.74 bits per heavy atom. The highest BCUT2D eigenvalue weighted by atomic mass is 16.5. The van der Waals surface area contributed by atoms with E-state index in [1.807, 2.05) is 0 Å². The highest BCUT2D eigenvalue weighted by Crippen LogP contribution is 2.28. The molecule has 0 bridgehead atoms. The molecule has 1 atom stereocenters. The van der Waals surface area contributed by atoms with Crippen molar-refractivity contribution in [1.29, 1.82) is 0 Å². The van der Waals surface area contributed by atoms with Crippen molar-refractivity contribution >= 4 is 0 Å². The Kier molecular flexibility index (Phi) is 5.39. The predicted octanol–water partition coefficient (Wildman–Crippen LogP) is 2.53. The van der Waals surface area contributed by atoms with E-state index in [0.29, 0.717) is 12.1 Å². The number of fused-ring (bicyclic) bond motifs is 1. The number of rotatable bonds is 5. The van der Waals surface area contributed by atoms with Gasteiger partial charge in [-0.2, -0.15) is 0 Å². The SMILES string of the molecule is CC(C)N(C)Cc1cnc2n1CCN(CC1CCOCC1)C2C. The smallest absolute Gasteiger partial charge is 0.126 e. The van der Waals surface area contributed by atoms with Gasteiger partial charge in [-0.1, -0.05) is 0 Å². The van der Waals surface area contributed by atoms with Crippen LogP contribution in [0.15, 0.2) is 6.20 Å². The van der Waals surface area contributed by atoms with E-state index < -0.39 is 0 Å². The minimum absolute atomic E-state index is 0.421. The molecular weight excluding hydrogens is 288 g/mol. The van der Waals surface area contributed by atoms with Crippen molar-refractivity contribution in [3.63, 3.8) is 0 Å². The van der Waals surface area contributed by atoms with Crippen LogP contribution >= 0.6 is 0 Å². The van der Waals surface area contributed by atoms with Gasteiger partial charge in [0.1, 0.15) is 5.82 Å². The van der Waals surface area contributed by atoms with E-state index in [9.17, 15) is 0 Å². The quantitative estimate of drug-likeness (QED) is 0.835. The van der Waals surface area contributed by atoms with E-state index in [4.69, 9.17) is 9.72 Å². The first-order chi connectivity index (χ1) is 11.1. The van der Waals surface area contributed by atoms with Gasteiger partial charge in [0, 0.05) is 51.6 Å². The molecule has 0 N–H and O–H groups in total. The molecule has 1 unspecified atom stereocenters. The first kappa shape index (κ1) is 16.9. The minimum Gasteiger partial charge on any atom is -0.381 e. The molecule has 130 valence electrons. The fraction of sp³-hybridized carbons (Fsp3) is 0.833. The van der Waals surface area contributed by atoms with Crippen molar-refractivity contribution in [2.45, 2.75) is 58.8 Å². The number of nitrogens with zero attached hydrogens (tertiary/aromatic N) is 4. The van der Waals surface area contributed by atoms with Gasteiger partial charge < -0.3 is 9.30 Å². The number of aromatic nitrogens is 2. The summed E-state index contributed by atoms with van der Waals surface area (Å²) in [7, 11) is 2.19. The van der Waals surface area contributed by atoms with E-state index in [1.165, 1.54) is 30.9 Å². The molecule has 5 nitrogen and oxygen atoms in total. The van der Waals surface area contributed by atoms with E-state index >= 15 is 0 Å². The summed E-state index contributed by atoms with van der Waals surface area (Å²) < 4.78 is 7.94. The Morgan fingerprint density at radius 2 is 2.04 bits per heavy atom. The second-order valence-electron chi connectivity index (χ2n) is 7.49. The average Bonchev–Trinajstić information content (AvgIpc) is 2.95. The molecule has 0 spiro atoms. The van der Waals surface area contributed by atoms with Crippen LogP contribution in [0.2, 0.25) is 0 Å². The second kappa shape index (κ2) is 7.32. The molecule has 23 heavy (non-hydrogen) atoms. The molecule has 0 saturated carbocycles. The molecule has 3 rings (SSSR count). The molecule has 0 radical (unpaired) electrons. The maximum absolute atomic E-state index is 5.49. The van der Waals surface area contributed by atoms with Crippen molar-refractivity contribution in [1.82, 2.24) is 19.4 Å². The fourth-order valence-corrected chi connectivity index (χ4v) is 3.68. The van der Waals surface area contributed by atoms with E-state index in [-0.39, 0.29) is 0 Å². The standard InChI is InChI=1S/C18H32N4O/c1-14(2)20(4)13-17-11-19-18-15(3)21(7-8-22(17)18)12-16-5-9-23-10-6-16/h11,14-16H,5-10,12-13H2,1-4H3. The lowest BCUT2D eigenvalue weighted by Gasteiger charge is -2.37. The van der Waals surface area contributed by atoms with Gasteiger partial charge in [-0.05, 0) is 46.6 Å². The van der Waals surface area contributed by atoms with Crippen molar-refractivity contribution in [3.05, 3.63) is 17.7 Å². The first-order valence-electron chi connectivity index (χ1n) is 9.12. The lowest BCUT2D eigenvalue weighted by atomic mass is 9.98. The molecule has 2 aliphatic rings. The molecule has 5 heteroatoms. The average molecular weight is 320 g/mol.